The number of methoxy groups -OCH3 is 1. The summed E-state index contributed by atoms with van der Waals surface area (Å²) >= 11 is 0. The Balaban J connectivity index is 1.69. The minimum absolute atomic E-state index is 0.111. The highest BCUT2D eigenvalue weighted by molar-refractivity contribution is 5.78. The fraction of sp³-hybridized carbons (Fsp3) is 0.917. The van der Waals surface area contributed by atoms with Crippen molar-refractivity contribution in [2.45, 2.75) is 31.3 Å². The van der Waals surface area contributed by atoms with Gasteiger partial charge in [-0.25, -0.2) is 0 Å². The molecular formula is C12H23N3O2. The molecule has 0 aromatic carbocycles. The minimum atomic E-state index is 0.111. The van der Waals surface area contributed by atoms with Crippen LogP contribution in [0.25, 0.3) is 0 Å². The van der Waals surface area contributed by atoms with Crippen LogP contribution in [0.1, 0.15) is 19.3 Å². The molecule has 0 saturated carbocycles. The van der Waals surface area contributed by atoms with Gasteiger partial charge in [0.2, 0.25) is 5.91 Å². The number of likely N-dealkylation sites (tertiary alicyclic amines) is 1. The van der Waals surface area contributed by atoms with Crippen LogP contribution in [-0.2, 0) is 9.53 Å². The van der Waals surface area contributed by atoms with Crippen LogP contribution < -0.4 is 10.6 Å². The maximum atomic E-state index is 11.7. The third kappa shape index (κ3) is 3.94. The number of hydrogen-bond donors (Lipinski definition) is 2. The van der Waals surface area contributed by atoms with E-state index in [1.807, 2.05) is 0 Å². The van der Waals surface area contributed by atoms with Crippen molar-refractivity contribution in [3.8, 4) is 0 Å². The molecule has 2 unspecified atom stereocenters. The first-order chi connectivity index (χ1) is 8.28. The first-order valence-electron chi connectivity index (χ1n) is 6.52. The number of nitrogens with one attached hydrogen (secondary N) is 2. The van der Waals surface area contributed by atoms with E-state index in [1.54, 1.807) is 7.11 Å². The minimum Gasteiger partial charge on any atom is -0.383 e. The molecule has 2 bridgehead atoms. The standard InChI is InChI=1S/C12H23N3O2/c1-17-7-5-13-12(16)9-15-6-4-10-2-3-11(8-15)14-10/h10-11,14H,2-9H2,1H3,(H,13,16). The number of amides is 1. The number of ether oxygens (including phenoxy) is 1. The molecule has 0 aliphatic carbocycles. The summed E-state index contributed by atoms with van der Waals surface area (Å²) < 4.78 is 4.90. The van der Waals surface area contributed by atoms with Crippen molar-refractivity contribution >= 4 is 5.91 Å². The maximum Gasteiger partial charge on any atom is 0.234 e. The van der Waals surface area contributed by atoms with Gasteiger partial charge in [0, 0.05) is 38.8 Å². The van der Waals surface area contributed by atoms with E-state index in [9.17, 15) is 4.79 Å². The Morgan fingerprint density at radius 1 is 1.41 bits per heavy atom. The molecule has 5 nitrogen and oxygen atoms in total. The molecule has 2 aliphatic rings. The number of hydrogen-bond acceptors (Lipinski definition) is 4. The largest absolute Gasteiger partial charge is 0.383 e. The molecule has 0 radical (unpaired) electrons. The third-order valence-corrected chi connectivity index (χ3v) is 3.60. The van der Waals surface area contributed by atoms with Gasteiger partial charge in [-0.1, -0.05) is 0 Å². The van der Waals surface area contributed by atoms with E-state index < -0.39 is 0 Å². The Bertz CT molecular complexity index is 260. The summed E-state index contributed by atoms with van der Waals surface area (Å²) in [5.74, 6) is 0.111. The lowest BCUT2D eigenvalue weighted by Crippen LogP contribution is -2.42. The van der Waals surface area contributed by atoms with E-state index >= 15 is 0 Å². The lowest BCUT2D eigenvalue weighted by Gasteiger charge is -2.23. The maximum absolute atomic E-state index is 11.7. The van der Waals surface area contributed by atoms with E-state index in [0.717, 1.165) is 13.1 Å². The molecule has 2 aliphatic heterocycles. The van der Waals surface area contributed by atoms with Crippen LogP contribution in [-0.4, -0.2) is 62.8 Å². The van der Waals surface area contributed by atoms with Crippen molar-refractivity contribution in [1.29, 1.82) is 0 Å². The number of nitrogens with zero attached hydrogens (tertiary/aromatic N) is 1. The second-order valence-electron chi connectivity index (χ2n) is 5.00. The normalized spacial score (nSPS) is 29.0. The highest BCUT2D eigenvalue weighted by atomic mass is 16.5. The predicted octanol–water partition coefficient (Wildman–Crippen LogP) is -0.425. The molecule has 2 saturated heterocycles. The van der Waals surface area contributed by atoms with E-state index in [4.69, 9.17) is 4.74 Å². The molecule has 2 fully saturated rings. The summed E-state index contributed by atoms with van der Waals surface area (Å²) in [6.07, 6.45) is 3.73. The first kappa shape index (κ1) is 12.8. The van der Waals surface area contributed by atoms with Crippen LogP contribution in [0.5, 0.6) is 0 Å². The quantitative estimate of drug-likeness (QED) is 0.642. The second-order valence-corrected chi connectivity index (χ2v) is 5.00. The van der Waals surface area contributed by atoms with Gasteiger partial charge in [0.15, 0.2) is 0 Å². The molecule has 2 N–H and O–H groups in total. The van der Waals surface area contributed by atoms with Crippen LogP contribution in [0.15, 0.2) is 0 Å². The van der Waals surface area contributed by atoms with Gasteiger partial charge in [0.1, 0.15) is 0 Å². The highest BCUT2D eigenvalue weighted by Crippen LogP contribution is 2.19. The fourth-order valence-electron chi connectivity index (χ4n) is 2.71. The van der Waals surface area contributed by atoms with Gasteiger partial charge in [-0.3, -0.25) is 9.69 Å². The number of rotatable bonds is 5. The van der Waals surface area contributed by atoms with Crippen LogP contribution in [0, 0.1) is 0 Å². The molecule has 0 aromatic heterocycles. The zero-order chi connectivity index (χ0) is 12.1. The molecule has 2 heterocycles. The zero-order valence-electron chi connectivity index (χ0n) is 10.6. The molecule has 1 amide bonds. The molecule has 98 valence electrons. The molecule has 5 heteroatoms. The predicted molar refractivity (Wildman–Crippen MR) is 65.9 cm³/mol. The van der Waals surface area contributed by atoms with Crippen molar-refractivity contribution in [3.63, 3.8) is 0 Å². The van der Waals surface area contributed by atoms with Crippen molar-refractivity contribution in [2.24, 2.45) is 0 Å². The zero-order valence-corrected chi connectivity index (χ0v) is 10.6. The van der Waals surface area contributed by atoms with Crippen molar-refractivity contribution < 1.29 is 9.53 Å². The third-order valence-electron chi connectivity index (χ3n) is 3.60. The smallest absolute Gasteiger partial charge is 0.234 e. The highest BCUT2D eigenvalue weighted by Gasteiger charge is 2.29. The van der Waals surface area contributed by atoms with Crippen molar-refractivity contribution in [1.82, 2.24) is 15.5 Å². The van der Waals surface area contributed by atoms with Crippen LogP contribution in [0.4, 0.5) is 0 Å². The summed E-state index contributed by atoms with van der Waals surface area (Å²) in [6, 6.07) is 1.27. The number of carbonyl (C=O) groups is 1. The lowest BCUT2D eigenvalue weighted by molar-refractivity contribution is -0.122. The van der Waals surface area contributed by atoms with Gasteiger partial charge < -0.3 is 15.4 Å². The van der Waals surface area contributed by atoms with Crippen LogP contribution in [0.2, 0.25) is 0 Å². The van der Waals surface area contributed by atoms with Crippen molar-refractivity contribution in [2.75, 3.05) is 39.9 Å². The fourth-order valence-corrected chi connectivity index (χ4v) is 2.71. The SMILES string of the molecule is COCCNC(=O)CN1CCC2CCC(C1)N2. The molecule has 2 rings (SSSR count). The van der Waals surface area contributed by atoms with E-state index in [1.165, 1.54) is 19.3 Å². The van der Waals surface area contributed by atoms with E-state index in [-0.39, 0.29) is 5.91 Å². The lowest BCUT2D eigenvalue weighted by atomic mass is 10.1. The van der Waals surface area contributed by atoms with Crippen molar-refractivity contribution in [3.05, 3.63) is 0 Å². The Hall–Kier alpha value is -0.650. The van der Waals surface area contributed by atoms with Gasteiger partial charge in [-0.05, 0) is 19.3 Å². The number of fused-ring (bicyclic) bond motifs is 2. The number of carbonyl (C=O) groups excluding carboxylic acids is 1. The van der Waals surface area contributed by atoms with Gasteiger partial charge in [-0.15, -0.1) is 0 Å². The summed E-state index contributed by atoms with van der Waals surface area (Å²) in [7, 11) is 1.64. The molecule has 0 aromatic rings. The van der Waals surface area contributed by atoms with E-state index in [0.29, 0.717) is 31.8 Å². The summed E-state index contributed by atoms with van der Waals surface area (Å²) in [4.78, 5) is 13.9. The topological polar surface area (TPSA) is 53.6 Å². The Kier molecular flexibility index (Phi) is 4.76. The van der Waals surface area contributed by atoms with Crippen LogP contribution >= 0.6 is 0 Å². The van der Waals surface area contributed by atoms with Gasteiger partial charge in [0.25, 0.3) is 0 Å². The van der Waals surface area contributed by atoms with Crippen LogP contribution in [0.3, 0.4) is 0 Å². The molecule has 17 heavy (non-hydrogen) atoms. The summed E-state index contributed by atoms with van der Waals surface area (Å²) in [5.41, 5.74) is 0. The first-order valence-corrected chi connectivity index (χ1v) is 6.52. The van der Waals surface area contributed by atoms with Gasteiger partial charge in [0.05, 0.1) is 13.2 Å². The second kappa shape index (κ2) is 6.33. The molecular weight excluding hydrogens is 218 g/mol. The molecule has 2 atom stereocenters. The monoisotopic (exact) mass is 241 g/mol. The van der Waals surface area contributed by atoms with E-state index in [2.05, 4.69) is 15.5 Å². The summed E-state index contributed by atoms with van der Waals surface area (Å²) in [6.45, 7) is 3.75. The average molecular weight is 241 g/mol. The molecule has 0 spiro atoms. The summed E-state index contributed by atoms with van der Waals surface area (Å²) in [5, 5.41) is 6.48. The Morgan fingerprint density at radius 2 is 2.24 bits per heavy atom. The average Bonchev–Trinajstić information content (AvgIpc) is 2.63. The Labute approximate surface area is 103 Å². The van der Waals surface area contributed by atoms with Gasteiger partial charge >= 0.3 is 0 Å². The van der Waals surface area contributed by atoms with Gasteiger partial charge in [-0.2, -0.15) is 0 Å². The Morgan fingerprint density at radius 3 is 3.06 bits per heavy atom.